The summed E-state index contributed by atoms with van der Waals surface area (Å²) in [6.07, 6.45) is 1.74. The van der Waals surface area contributed by atoms with Crippen LogP contribution in [0.4, 0.5) is 0 Å². The fraction of sp³-hybridized carbons (Fsp3) is 1.00. The molecule has 2 atom stereocenters. The topological polar surface area (TPSA) is 46.2 Å². The third-order valence-corrected chi connectivity index (χ3v) is 5.15. The van der Waals surface area contributed by atoms with Crippen LogP contribution in [0.15, 0.2) is 0 Å². The van der Waals surface area contributed by atoms with Crippen LogP contribution in [0, 0.1) is 11.3 Å². The number of sulfonamides is 1. The van der Waals surface area contributed by atoms with Gasteiger partial charge in [0.2, 0.25) is 10.0 Å². The summed E-state index contributed by atoms with van der Waals surface area (Å²) in [7, 11) is -1.57. The molecule has 0 amide bonds. The molecule has 0 aromatic heterocycles. The maximum atomic E-state index is 11.6. The maximum absolute atomic E-state index is 11.6. The molecule has 2 unspecified atom stereocenters. The molecule has 4 heteroatoms. The molecule has 0 saturated heterocycles. The minimum atomic E-state index is -3.07. The number of hydrogen-bond acceptors (Lipinski definition) is 2. The third kappa shape index (κ3) is 2.05. The molecule has 1 aliphatic rings. The Labute approximate surface area is 81.0 Å². The van der Waals surface area contributed by atoms with Gasteiger partial charge in [-0.25, -0.2) is 13.1 Å². The summed E-state index contributed by atoms with van der Waals surface area (Å²) >= 11 is 0. The van der Waals surface area contributed by atoms with E-state index in [9.17, 15) is 8.42 Å². The molecule has 0 spiro atoms. The van der Waals surface area contributed by atoms with E-state index >= 15 is 0 Å². The summed E-state index contributed by atoms with van der Waals surface area (Å²) in [6, 6.07) is 0. The first-order valence-corrected chi connectivity index (χ1v) is 6.32. The second-order valence-electron chi connectivity index (χ2n) is 4.50. The summed E-state index contributed by atoms with van der Waals surface area (Å²) in [5, 5.41) is -0.201. The monoisotopic (exact) mass is 205 g/mol. The van der Waals surface area contributed by atoms with E-state index in [4.69, 9.17) is 0 Å². The highest BCUT2D eigenvalue weighted by Gasteiger charge is 2.53. The van der Waals surface area contributed by atoms with Crippen molar-refractivity contribution in [3.63, 3.8) is 0 Å². The standard InChI is InChI=1S/C9H19NO2S/c1-5-8(13(11,12)10-4)7-6-9(7,2)3/h7-8,10H,5-6H2,1-4H3. The van der Waals surface area contributed by atoms with Crippen LogP contribution in [0.1, 0.15) is 33.6 Å². The van der Waals surface area contributed by atoms with Crippen molar-refractivity contribution in [3.8, 4) is 0 Å². The van der Waals surface area contributed by atoms with Crippen molar-refractivity contribution in [2.75, 3.05) is 7.05 Å². The quantitative estimate of drug-likeness (QED) is 0.753. The average Bonchev–Trinajstić information content (AvgIpc) is 2.61. The van der Waals surface area contributed by atoms with E-state index in [0.29, 0.717) is 12.3 Å². The van der Waals surface area contributed by atoms with E-state index in [2.05, 4.69) is 18.6 Å². The molecular formula is C9H19NO2S. The molecular weight excluding hydrogens is 186 g/mol. The average molecular weight is 205 g/mol. The summed E-state index contributed by atoms with van der Waals surface area (Å²) in [5.41, 5.74) is 0.227. The van der Waals surface area contributed by atoms with Gasteiger partial charge in [0.05, 0.1) is 5.25 Å². The zero-order valence-electron chi connectivity index (χ0n) is 8.79. The van der Waals surface area contributed by atoms with Crippen molar-refractivity contribution in [1.29, 1.82) is 0 Å². The van der Waals surface area contributed by atoms with Crippen LogP contribution < -0.4 is 4.72 Å². The molecule has 13 heavy (non-hydrogen) atoms. The Morgan fingerprint density at radius 3 is 2.23 bits per heavy atom. The number of hydrogen-bond donors (Lipinski definition) is 1. The summed E-state index contributed by atoms with van der Waals surface area (Å²) < 4.78 is 25.6. The van der Waals surface area contributed by atoms with Crippen LogP contribution >= 0.6 is 0 Å². The minimum Gasteiger partial charge on any atom is -0.218 e. The van der Waals surface area contributed by atoms with E-state index in [1.807, 2.05) is 6.92 Å². The first-order valence-electron chi connectivity index (χ1n) is 4.77. The maximum Gasteiger partial charge on any atom is 0.214 e. The zero-order valence-corrected chi connectivity index (χ0v) is 9.61. The van der Waals surface area contributed by atoms with Gasteiger partial charge in [0.1, 0.15) is 0 Å². The minimum absolute atomic E-state index is 0.201. The van der Waals surface area contributed by atoms with E-state index in [1.165, 1.54) is 7.05 Å². The smallest absolute Gasteiger partial charge is 0.214 e. The lowest BCUT2D eigenvalue weighted by atomic mass is 10.1. The van der Waals surface area contributed by atoms with Gasteiger partial charge in [0, 0.05) is 0 Å². The first-order chi connectivity index (χ1) is 5.85. The van der Waals surface area contributed by atoms with Crippen molar-refractivity contribution in [2.24, 2.45) is 11.3 Å². The van der Waals surface area contributed by atoms with Crippen molar-refractivity contribution in [2.45, 2.75) is 38.9 Å². The molecule has 78 valence electrons. The van der Waals surface area contributed by atoms with E-state index in [-0.39, 0.29) is 10.7 Å². The lowest BCUT2D eigenvalue weighted by molar-refractivity contribution is 0.500. The lowest BCUT2D eigenvalue weighted by Crippen LogP contribution is -2.33. The lowest BCUT2D eigenvalue weighted by Gasteiger charge is -2.16. The Hall–Kier alpha value is -0.0900. The van der Waals surface area contributed by atoms with Crippen LogP contribution in [-0.4, -0.2) is 20.7 Å². The van der Waals surface area contributed by atoms with Gasteiger partial charge < -0.3 is 0 Å². The van der Waals surface area contributed by atoms with Gasteiger partial charge in [-0.1, -0.05) is 20.8 Å². The predicted molar refractivity (Wildman–Crippen MR) is 53.9 cm³/mol. The van der Waals surface area contributed by atoms with Gasteiger partial charge in [0.15, 0.2) is 0 Å². The van der Waals surface area contributed by atoms with Crippen molar-refractivity contribution < 1.29 is 8.42 Å². The first kappa shape index (κ1) is 11.0. The van der Waals surface area contributed by atoms with Crippen LogP contribution in [0.3, 0.4) is 0 Å². The second-order valence-corrected chi connectivity index (χ2v) is 6.60. The Balaban J connectivity index is 2.77. The van der Waals surface area contributed by atoms with Gasteiger partial charge in [-0.3, -0.25) is 0 Å². The molecule has 0 heterocycles. The van der Waals surface area contributed by atoms with Gasteiger partial charge in [-0.2, -0.15) is 0 Å². The predicted octanol–water partition coefficient (Wildman–Crippen LogP) is 1.36. The molecule has 0 radical (unpaired) electrons. The Morgan fingerprint density at radius 2 is 2.00 bits per heavy atom. The molecule has 3 nitrogen and oxygen atoms in total. The normalized spacial score (nSPS) is 28.5. The molecule has 1 saturated carbocycles. The summed E-state index contributed by atoms with van der Waals surface area (Å²) in [6.45, 7) is 6.20. The fourth-order valence-electron chi connectivity index (χ4n) is 2.01. The van der Waals surface area contributed by atoms with Gasteiger partial charge in [-0.05, 0) is 31.2 Å². The largest absolute Gasteiger partial charge is 0.218 e. The van der Waals surface area contributed by atoms with E-state index in [1.54, 1.807) is 0 Å². The highest BCUT2D eigenvalue weighted by Crippen LogP contribution is 2.55. The summed E-state index contributed by atoms with van der Waals surface area (Å²) in [4.78, 5) is 0. The number of rotatable bonds is 4. The van der Waals surface area contributed by atoms with Crippen LogP contribution in [0.25, 0.3) is 0 Å². The zero-order chi connectivity index (χ0) is 10.3. The van der Waals surface area contributed by atoms with Crippen LogP contribution in [0.2, 0.25) is 0 Å². The molecule has 1 fully saturated rings. The molecule has 0 aromatic rings. The Kier molecular flexibility index (Phi) is 2.74. The Bertz CT molecular complexity index is 282. The highest BCUT2D eigenvalue weighted by atomic mass is 32.2. The molecule has 0 aliphatic heterocycles. The van der Waals surface area contributed by atoms with Crippen molar-refractivity contribution in [3.05, 3.63) is 0 Å². The van der Waals surface area contributed by atoms with Gasteiger partial charge in [-0.15, -0.1) is 0 Å². The SMILES string of the molecule is CCC(C1CC1(C)C)S(=O)(=O)NC. The van der Waals surface area contributed by atoms with E-state index in [0.717, 1.165) is 6.42 Å². The van der Waals surface area contributed by atoms with Gasteiger partial charge >= 0.3 is 0 Å². The van der Waals surface area contributed by atoms with Gasteiger partial charge in [0.25, 0.3) is 0 Å². The second kappa shape index (κ2) is 3.24. The molecule has 1 aliphatic carbocycles. The highest BCUT2D eigenvalue weighted by molar-refractivity contribution is 7.90. The van der Waals surface area contributed by atoms with E-state index < -0.39 is 10.0 Å². The molecule has 1 rings (SSSR count). The van der Waals surface area contributed by atoms with Crippen LogP contribution in [0.5, 0.6) is 0 Å². The van der Waals surface area contributed by atoms with Crippen LogP contribution in [-0.2, 0) is 10.0 Å². The number of nitrogens with one attached hydrogen (secondary N) is 1. The fourth-order valence-corrected chi connectivity index (χ4v) is 3.65. The third-order valence-electron chi connectivity index (χ3n) is 3.12. The molecule has 1 N–H and O–H groups in total. The molecule has 0 aromatic carbocycles. The van der Waals surface area contributed by atoms with Crippen molar-refractivity contribution in [1.82, 2.24) is 4.72 Å². The Morgan fingerprint density at radius 1 is 1.54 bits per heavy atom. The molecule has 0 bridgehead atoms. The summed E-state index contributed by atoms with van der Waals surface area (Å²) in [5.74, 6) is 0.343. The van der Waals surface area contributed by atoms with Crippen molar-refractivity contribution >= 4 is 10.0 Å².